The van der Waals surface area contributed by atoms with E-state index in [1.54, 1.807) is 0 Å². The van der Waals surface area contributed by atoms with Gasteiger partial charge in [-0.05, 0) is 13.8 Å². The van der Waals surface area contributed by atoms with Crippen LogP contribution in [0.25, 0.3) is 0 Å². The first-order valence-electron chi connectivity index (χ1n) is 7.12. The summed E-state index contributed by atoms with van der Waals surface area (Å²) in [6.45, 7) is 17.2. The third kappa shape index (κ3) is 2.94. The highest BCUT2D eigenvalue weighted by atomic mass is 16.5. The average molecular weight is 276 g/mol. The summed E-state index contributed by atoms with van der Waals surface area (Å²) in [6.07, 6.45) is 0. The normalized spacial score (nSPS) is 28.0. The van der Waals surface area contributed by atoms with Gasteiger partial charge in [-0.25, -0.2) is 9.98 Å². The predicted octanol–water partition coefficient (Wildman–Crippen LogP) is 3.01. The summed E-state index contributed by atoms with van der Waals surface area (Å²) in [5, 5.41) is 0. The minimum atomic E-state index is 0.0919. The molecule has 0 amide bonds. The third-order valence-electron chi connectivity index (χ3n) is 4.01. The fraction of sp³-hybridized carbons (Fsp3) is 0.625. The van der Waals surface area contributed by atoms with Gasteiger partial charge in [-0.1, -0.05) is 38.2 Å². The highest BCUT2D eigenvalue weighted by Gasteiger charge is 2.32. The summed E-state index contributed by atoms with van der Waals surface area (Å²) in [6, 6.07) is 0.184. The van der Waals surface area contributed by atoms with E-state index in [0.29, 0.717) is 13.2 Å². The Kier molecular flexibility index (Phi) is 4.31. The second kappa shape index (κ2) is 5.81. The number of ether oxygens (including phenoxy) is 2. The Labute approximate surface area is 121 Å². The first-order valence-corrected chi connectivity index (χ1v) is 7.12. The van der Waals surface area contributed by atoms with Gasteiger partial charge in [0.15, 0.2) is 11.8 Å². The fourth-order valence-electron chi connectivity index (χ4n) is 2.22. The molecule has 2 aliphatic heterocycles. The summed E-state index contributed by atoms with van der Waals surface area (Å²) in [4.78, 5) is 9.20. The molecule has 110 valence electrons. The van der Waals surface area contributed by atoms with E-state index in [4.69, 9.17) is 9.47 Å². The van der Waals surface area contributed by atoms with Gasteiger partial charge in [0, 0.05) is 11.8 Å². The van der Waals surface area contributed by atoms with Crippen molar-refractivity contribution in [2.45, 2.75) is 39.8 Å². The van der Waals surface area contributed by atoms with Crippen LogP contribution in [0, 0.1) is 11.8 Å². The van der Waals surface area contributed by atoms with Crippen LogP contribution in [0.15, 0.2) is 34.3 Å². The molecule has 0 aliphatic carbocycles. The maximum absolute atomic E-state index is 5.70. The lowest BCUT2D eigenvalue weighted by Crippen LogP contribution is -2.26. The fourth-order valence-corrected chi connectivity index (χ4v) is 2.22. The highest BCUT2D eigenvalue weighted by molar-refractivity contribution is 5.89. The molecule has 0 radical (unpaired) electrons. The molecular formula is C16H24N2O2. The first-order chi connectivity index (χ1) is 9.40. The van der Waals surface area contributed by atoms with Gasteiger partial charge in [0.05, 0.1) is 0 Å². The minimum absolute atomic E-state index is 0.0919. The monoisotopic (exact) mass is 276 g/mol. The van der Waals surface area contributed by atoms with Gasteiger partial charge in [-0.15, -0.1) is 0 Å². The van der Waals surface area contributed by atoms with Gasteiger partial charge in [-0.2, -0.15) is 0 Å². The Morgan fingerprint density at radius 2 is 1.30 bits per heavy atom. The van der Waals surface area contributed by atoms with Crippen molar-refractivity contribution in [1.29, 1.82) is 0 Å². The van der Waals surface area contributed by atoms with E-state index in [-0.39, 0.29) is 23.9 Å². The van der Waals surface area contributed by atoms with Crippen LogP contribution in [0.4, 0.5) is 0 Å². The largest absolute Gasteiger partial charge is 0.478 e. The maximum Gasteiger partial charge on any atom is 0.187 e. The molecule has 20 heavy (non-hydrogen) atoms. The SMILES string of the molecule is C=C(C)[C@@H]1COC([C@H](C)[C@@H](C)C2=N[C@@H](C(=C)C)CO2)=N1. The average Bonchev–Trinajstić information content (AvgIpc) is 3.05. The lowest BCUT2D eigenvalue weighted by atomic mass is 9.95. The number of nitrogens with zero attached hydrogens (tertiary/aromatic N) is 2. The molecule has 0 N–H and O–H groups in total. The molecule has 2 aliphatic rings. The first kappa shape index (κ1) is 14.8. The Balaban J connectivity index is 2.05. The molecule has 4 atom stereocenters. The zero-order chi connectivity index (χ0) is 14.9. The smallest absolute Gasteiger partial charge is 0.187 e. The van der Waals surface area contributed by atoms with Crippen LogP contribution in [0.1, 0.15) is 27.7 Å². The van der Waals surface area contributed by atoms with Crippen molar-refractivity contribution in [2.75, 3.05) is 13.2 Å². The van der Waals surface area contributed by atoms with Crippen LogP contribution in [0.3, 0.4) is 0 Å². The van der Waals surface area contributed by atoms with E-state index in [1.807, 2.05) is 13.8 Å². The molecule has 4 heteroatoms. The van der Waals surface area contributed by atoms with Crippen molar-refractivity contribution in [3.63, 3.8) is 0 Å². The van der Waals surface area contributed by atoms with Crippen LogP contribution < -0.4 is 0 Å². The molecule has 2 rings (SSSR count). The number of hydrogen-bond acceptors (Lipinski definition) is 4. The molecule has 0 spiro atoms. The molecule has 4 nitrogen and oxygen atoms in total. The predicted molar refractivity (Wildman–Crippen MR) is 82.3 cm³/mol. The summed E-state index contributed by atoms with van der Waals surface area (Å²) in [7, 11) is 0. The van der Waals surface area contributed by atoms with Crippen LogP contribution in [0.5, 0.6) is 0 Å². The van der Waals surface area contributed by atoms with E-state index in [2.05, 4.69) is 37.0 Å². The zero-order valence-electron chi connectivity index (χ0n) is 12.8. The third-order valence-corrected chi connectivity index (χ3v) is 4.01. The van der Waals surface area contributed by atoms with E-state index in [1.165, 1.54) is 0 Å². The van der Waals surface area contributed by atoms with Crippen LogP contribution >= 0.6 is 0 Å². The van der Waals surface area contributed by atoms with Crippen molar-refractivity contribution >= 4 is 11.8 Å². The zero-order valence-corrected chi connectivity index (χ0v) is 12.8. The topological polar surface area (TPSA) is 43.2 Å². The second-order valence-corrected chi connectivity index (χ2v) is 5.86. The molecule has 2 heterocycles. The van der Waals surface area contributed by atoms with Crippen LogP contribution in [0.2, 0.25) is 0 Å². The Bertz CT molecular complexity index is 435. The molecule has 0 aromatic heterocycles. The molecular weight excluding hydrogens is 252 g/mol. The summed E-state index contributed by atoms with van der Waals surface area (Å²) >= 11 is 0. The van der Waals surface area contributed by atoms with Crippen LogP contribution in [-0.4, -0.2) is 37.1 Å². The van der Waals surface area contributed by atoms with Gasteiger partial charge in [-0.3, -0.25) is 0 Å². The van der Waals surface area contributed by atoms with Crippen molar-refractivity contribution < 1.29 is 9.47 Å². The number of hydrogen-bond donors (Lipinski definition) is 0. The summed E-state index contributed by atoms with van der Waals surface area (Å²) in [5.74, 6) is 1.88. The van der Waals surface area contributed by atoms with Gasteiger partial charge in [0.1, 0.15) is 25.3 Å². The minimum Gasteiger partial charge on any atom is -0.478 e. The van der Waals surface area contributed by atoms with Gasteiger partial charge >= 0.3 is 0 Å². The number of aliphatic imine (C=N–C) groups is 2. The van der Waals surface area contributed by atoms with Crippen LogP contribution in [-0.2, 0) is 9.47 Å². The van der Waals surface area contributed by atoms with E-state index in [9.17, 15) is 0 Å². The van der Waals surface area contributed by atoms with Crippen molar-refractivity contribution in [1.82, 2.24) is 0 Å². The molecule has 0 bridgehead atoms. The van der Waals surface area contributed by atoms with Gasteiger partial charge in [0.2, 0.25) is 0 Å². The van der Waals surface area contributed by atoms with E-state index < -0.39 is 0 Å². The Hall–Kier alpha value is -1.58. The summed E-state index contributed by atoms with van der Waals surface area (Å²) in [5.41, 5.74) is 2.08. The standard InChI is InChI=1S/C16H24N2O2/c1-9(2)13-7-19-15(17-13)11(5)12(6)16-18-14(8-20-16)10(3)4/h11-14H,1,3,7-8H2,2,4-6H3/t11-,12-,13-,14+/m1/s1. The maximum atomic E-state index is 5.70. The Morgan fingerprint density at radius 1 is 0.950 bits per heavy atom. The van der Waals surface area contributed by atoms with Gasteiger partial charge in [0.25, 0.3) is 0 Å². The van der Waals surface area contributed by atoms with E-state index >= 15 is 0 Å². The molecule has 0 aromatic rings. The molecule has 0 saturated carbocycles. The summed E-state index contributed by atoms with van der Waals surface area (Å²) < 4.78 is 11.4. The molecule has 0 saturated heterocycles. The van der Waals surface area contributed by atoms with Gasteiger partial charge < -0.3 is 9.47 Å². The highest BCUT2D eigenvalue weighted by Crippen LogP contribution is 2.25. The van der Waals surface area contributed by atoms with Crippen molar-refractivity contribution in [3.8, 4) is 0 Å². The molecule has 0 fully saturated rings. The molecule has 0 unspecified atom stereocenters. The lowest BCUT2D eigenvalue weighted by molar-refractivity contribution is 0.280. The van der Waals surface area contributed by atoms with Crippen molar-refractivity contribution in [2.24, 2.45) is 21.8 Å². The second-order valence-electron chi connectivity index (χ2n) is 5.86. The van der Waals surface area contributed by atoms with E-state index in [0.717, 1.165) is 22.9 Å². The van der Waals surface area contributed by atoms with Crippen molar-refractivity contribution in [3.05, 3.63) is 24.3 Å². The Morgan fingerprint density at radius 3 is 1.55 bits per heavy atom. The lowest BCUT2D eigenvalue weighted by Gasteiger charge is -2.18. The quantitative estimate of drug-likeness (QED) is 0.724. The molecule has 0 aromatic carbocycles. The number of rotatable bonds is 5.